The van der Waals surface area contributed by atoms with Gasteiger partial charge in [0.2, 0.25) is 0 Å². The number of hydrogen-bond donors (Lipinski definition) is 0. The van der Waals surface area contributed by atoms with Crippen molar-refractivity contribution in [2.24, 2.45) is 0 Å². The molecule has 0 N–H and O–H groups in total. The molecule has 5 rings (SSSR count). The van der Waals surface area contributed by atoms with Gasteiger partial charge < -0.3 is 9.80 Å². The fourth-order valence-electron chi connectivity index (χ4n) is 3.72. The minimum Gasteiger partial charge on any atom is -0.345 e. The largest absolute Gasteiger partial charge is 0.345 e. The fraction of sp³-hybridized carbons (Fsp3) is 0.333. The lowest BCUT2D eigenvalue weighted by atomic mass is 10.1. The van der Waals surface area contributed by atoms with Gasteiger partial charge in [0.15, 0.2) is 10.3 Å². The molecule has 1 aliphatic rings. The number of halogens is 1. The maximum atomic E-state index is 6.21. The van der Waals surface area contributed by atoms with Crippen molar-refractivity contribution in [3.8, 4) is 0 Å². The van der Waals surface area contributed by atoms with E-state index in [1.807, 2.05) is 12.1 Å². The third kappa shape index (κ3) is 3.04. The van der Waals surface area contributed by atoms with Gasteiger partial charge in [0.1, 0.15) is 0 Å². The molecule has 2 aromatic carbocycles. The second kappa shape index (κ2) is 6.87. The minimum atomic E-state index is 0.784. The van der Waals surface area contributed by atoms with Gasteiger partial charge in [-0.2, -0.15) is 0 Å². The monoisotopic (exact) mass is 428 g/mol. The molecule has 2 aromatic heterocycles. The van der Waals surface area contributed by atoms with Crippen molar-refractivity contribution < 1.29 is 0 Å². The first-order valence-electron chi connectivity index (χ1n) is 9.43. The molecule has 0 amide bonds. The van der Waals surface area contributed by atoms with Crippen LogP contribution in [0.15, 0.2) is 24.3 Å². The predicted molar refractivity (Wildman–Crippen MR) is 123 cm³/mol. The van der Waals surface area contributed by atoms with Crippen LogP contribution in [0.4, 0.5) is 10.3 Å². The summed E-state index contributed by atoms with van der Waals surface area (Å²) in [5.74, 6) is 0. The Morgan fingerprint density at radius 3 is 2.07 bits per heavy atom. The summed E-state index contributed by atoms with van der Waals surface area (Å²) >= 11 is 9.75. The van der Waals surface area contributed by atoms with E-state index in [4.69, 9.17) is 21.6 Å². The molecule has 144 valence electrons. The summed E-state index contributed by atoms with van der Waals surface area (Å²) in [4.78, 5) is 14.6. The van der Waals surface area contributed by atoms with Crippen LogP contribution in [0.25, 0.3) is 20.4 Å². The van der Waals surface area contributed by atoms with E-state index in [1.165, 1.54) is 20.5 Å². The van der Waals surface area contributed by atoms with Crippen LogP contribution in [-0.2, 0) is 0 Å². The van der Waals surface area contributed by atoms with Crippen molar-refractivity contribution in [2.45, 2.75) is 20.8 Å². The van der Waals surface area contributed by atoms with Crippen molar-refractivity contribution in [3.05, 3.63) is 46.0 Å². The molecule has 4 nitrogen and oxygen atoms in total. The van der Waals surface area contributed by atoms with Gasteiger partial charge in [-0.25, -0.2) is 9.97 Å². The van der Waals surface area contributed by atoms with Crippen molar-refractivity contribution in [1.29, 1.82) is 0 Å². The zero-order chi connectivity index (χ0) is 19.4. The standard InChI is InChI=1S/C21H21ClN4S2/c1-12-4-5-16-19(14(12)3)24-21(27-16)26-8-6-25(7-9-26)20-23-18-13(2)10-15(22)11-17(18)28-20/h4-5,10-11H,6-9H2,1-3H3. The Kier molecular flexibility index (Phi) is 4.45. The van der Waals surface area contributed by atoms with Crippen molar-refractivity contribution in [1.82, 2.24) is 9.97 Å². The second-order valence-electron chi connectivity index (χ2n) is 7.39. The molecule has 7 heteroatoms. The molecule has 0 unspecified atom stereocenters. The summed E-state index contributed by atoms with van der Waals surface area (Å²) in [6.45, 7) is 10.2. The van der Waals surface area contributed by atoms with Crippen LogP contribution in [-0.4, -0.2) is 36.1 Å². The number of rotatable bonds is 2. The Morgan fingerprint density at radius 1 is 0.786 bits per heavy atom. The van der Waals surface area contributed by atoms with E-state index < -0.39 is 0 Å². The van der Waals surface area contributed by atoms with E-state index >= 15 is 0 Å². The highest BCUT2D eigenvalue weighted by Gasteiger charge is 2.23. The maximum Gasteiger partial charge on any atom is 0.186 e. The number of nitrogens with zero attached hydrogens (tertiary/aromatic N) is 4. The molecule has 0 spiro atoms. The van der Waals surface area contributed by atoms with Crippen LogP contribution < -0.4 is 9.80 Å². The van der Waals surface area contributed by atoms with Crippen LogP contribution in [0.3, 0.4) is 0 Å². The van der Waals surface area contributed by atoms with E-state index in [-0.39, 0.29) is 0 Å². The molecule has 0 saturated carbocycles. The first kappa shape index (κ1) is 18.2. The molecule has 28 heavy (non-hydrogen) atoms. The fourth-order valence-corrected chi connectivity index (χ4v) is 6.27. The lowest BCUT2D eigenvalue weighted by Gasteiger charge is -2.34. The van der Waals surface area contributed by atoms with Crippen LogP contribution >= 0.6 is 34.3 Å². The number of fused-ring (bicyclic) bond motifs is 2. The van der Waals surface area contributed by atoms with E-state index in [9.17, 15) is 0 Å². The highest BCUT2D eigenvalue weighted by molar-refractivity contribution is 7.22. The SMILES string of the molecule is Cc1ccc2sc(N3CCN(c4nc5c(C)cc(Cl)cc5s4)CC3)nc2c1C. The Labute approximate surface area is 177 Å². The van der Waals surface area contributed by atoms with Gasteiger partial charge >= 0.3 is 0 Å². The highest BCUT2D eigenvalue weighted by atomic mass is 35.5. The lowest BCUT2D eigenvalue weighted by Crippen LogP contribution is -2.46. The summed E-state index contributed by atoms with van der Waals surface area (Å²) in [5, 5.41) is 3.01. The molecule has 0 bridgehead atoms. The summed E-state index contributed by atoms with van der Waals surface area (Å²) in [7, 11) is 0. The number of aryl methyl sites for hydroxylation is 3. The molecule has 0 aliphatic carbocycles. The number of hydrogen-bond acceptors (Lipinski definition) is 6. The predicted octanol–water partition coefficient (Wildman–Crippen LogP) is 5.81. The van der Waals surface area contributed by atoms with Gasteiger partial charge in [-0.15, -0.1) is 0 Å². The smallest absolute Gasteiger partial charge is 0.186 e. The number of benzene rings is 2. The lowest BCUT2D eigenvalue weighted by molar-refractivity contribution is 0.651. The van der Waals surface area contributed by atoms with Crippen LogP contribution in [0.2, 0.25) is 5.02 Å². The molecule has 0 atom stereocenters. The van der Waals surface area contributed by atoms with Gasteiger partial charge in [-0.3, -0.25) is 0 Å². The van der Waals surface area contributed by atoms with Crippen LogP contribution in [0.1, 0.15) is 16.7 Å². The maximum absolute atomic E-state index is 6.21. The summed E-state index contributed by atoms with van der Waals surface area (Å²) < 4.78 is 2.44. The third-order valence-electron chi connectivity index (χ3n) is 5.53. The van der Waals surface area contributed by atoms with Crippen LogP contribution in [0, 0.1) is 20.8 Å². The molecule has 1 aliphatic heterocycles. The molecule has 0 radical (unpaired) electrons. The molecular formula is C21H21ClN4S2. The van der Waals surface area contributed by atoms with Crippen molar-refractivity contribution in [2.75, 3.05) is 36.0 Å². The normalized spacial score (nSPS) is 15.1. The Balaban J connectivity index is 1.36. The quantitative estimate of drug-likeness (QED) is 0.403. The van der Waals surface area contributed by atoms with Gasteiger partial charge in [0, 0.05) is 31.2 Å². The number of anilines is 2. The zero-order valence-electron chi connectivity index (χ0n) is 16.1. The van der Waals surface area contributed by atoms with Gasteiger partial charge in [-0.05, 0) is 55.7 Å². The average Bonchev–Trinajstić information content (AvgIpc) is 3.30. The van der Waals surface area contributed by atoms with E-state index in [1.54, 1.807) is 22.7 Å². The molecule has 1 saturated heterocycles. The summed E-state index contributed by atoms with van der Waals surface area (Å²) in [6.07, 6.45) is 0. The average molecular weight is 429 g/mol. The van der Waals surface area contributed by atoms with Crippen molar-refractivity contribution in [3.63, 3.8) is 0 Å². The van der Waals surface area contributed by atoms with Gasteiger partial charge in [0.05, 0.1) is 20.4 Å². The number of piperazine rings is 1. The molecule has 3 heterocycles. The first-order chi connectivity index (χ1) is 13.5. The topological polar surface area (TPSA) is 32.3 Å². The molecular weight excluding hydrogens is 408 g/mol. The molecule has 1 fully saturated rings. The van der Waals surface area contributed by atoms with Gasteiger partial charge in [-0.1, -0.05) is 40.3 Å². The Bertz CT molecular complexity index is 1180. The summed E-state index contributed by atoms with van der Waals surface area (Å²) in [5.41, 5.74) is 5.97. The highest BCUT2D eigenvalue weighted by Crippen LogP contribution is 2.35. The van der Waals surface area contributed by atoms with E-state index in [0.717, 1.165) is 58.1 Å². The zero-order valence-corrected chi connectivity index (χ0v) is 18.5. The Morgan fingerprint density at radius 2 is 1.39 bits per heavy atom. The van der Waals surface area contributed by atoms with E-state index in [2.05, 4.69) is 42.7 Å². The Hall–Kier alpha value is -1.89. The third-order valence-corrected chi connectivity index (χ3v) is 7.90. The number of thiazole rings is 2. The van der Waals surface area contributed by atoms with Crippen molar-refractivity contribution >= 4 is 65.0 Å². The molecule has 4 aromatic rings. The second-order valence-corrected chi connectivity index (χ2v) is 9.85. The first-order valence-corrected chi connectivity index (χ1v) is 11.4. The number of aromatic nitrogens is 2. The van der Waals surface area contributed by atoms with E-state index in [0.29, 0.717) is 0 Å². The van der Waals surface area contributed by atoms with Crippen LogP contribution in [0.5, 0.6) is 0 Å². The summed E-state index contributed by atoms with van der Waals surface area (Å²) in [6, 6.07) is 8.40. The van der Waals surface area contributed by atoms with Gasteiger partial charge in [0.25, 0.3) is 0 Å². The minimum absolute atomic E-state index is 0.784.